The first-order valence-corrected chi connectivity index (χ1v) is 7.76. The lowest BCUT2D eigenvalue weighted by atomic mass is 10.1. The van der Waals surface area contributed by atoms with Crippen LogP contribution in [-0.4, -0.2) is 37.7 Å². The minimum absolute atomic E-state index is 0.0973. The molecule has 1 atom stereocenters. The average Bonchev–Trinajstić information content (AvgIpc) is 3.12. The standard InChI is InChI=1S/C18H18N4O3/c1-11-8-20-18(21-15(10-23)12-5-3-2-4-6-12)22-16(11)13-7-14(17(24)25)19-9-13/h2-9,15,19,23H,10H2,1H3,(H,24,25)(H,20,21,22). The number of benzene rings is 1. The maximum atomic E-state index is 11.0. The van der Waals surface area contributed by atoms with E-state index in [0.29, 0.717) is 17.2 Å². The first-order valence-electron chi connectivity index (χ1n) is 7.76. The van der Waals surface area contributed by atoms with Gasteiger partial charge in [-0.1, -0.05) is 30.3 Å². The van der Waals surface area contributed by atoms with Crippen molar-refractivity contribution in [2.75, 3.05) is 11.9 Å². The highest BCUT2D eigenvalue weighted by atomic mass is 16.4. The van der Waals surface area contributed by atoms with Gasteiger partial charge in [0, 0.05) is 18.0 Å². The number of aromatic amines is 1. The summed E-state index contributed by atoms with van der Waals surface area (Å²) in [7, 11) is 0. The lowest BCUT2D eigenvalue weighted by Gasteiger charge is -2.17. The Kier molecular flexibility index (Phi) is 4.76. The van der Waals surface area contributed by atoms with Crippen LogP contribution in [0.5, 0.6) is 0 Å². The molecule has 2 heterocycles. The van der Waals surface area contributed by atoms with E-state index in [1.807, 2.05) is 37.3 Å². The van der Waals surface area contributed by atoms with Gasteiger partial charge in [-0.05, 0) is 24.1 Å². The van der Waals surface area contributed by atoms with Crippen LogP contribution in [-0.2, 0) is 0 Å². The van der Waals surface area contributed by atoms with Crippen LogP contribution in [0.15, 0.2) is 48.8 Å². The summed E-state index contributed by atoms with van der Waals surface area (Å²) in [6.45, 7) is 1.75. The zero-order valence-electron chi connectivity index (χ0n) is 13.6. The van der Waals surface area contributed by atoms with Gasteiger partial charge in [0.05, 0.1) is 18.3 Å². The number of hydrogen-bond acceptors (Lipinski definition) is 5. The molecule has 4 N–H and O–H groups in total. The Morgan fingerprint density at radius 3 is 2.72 bits per heavy atom. The number of rotatable bonds is 6. The molecule has 3 aromatic rings. The van der Waals surface area contributed by atoms with Crippen LogP contribution in [0.1, 0.15) is 27.7 Å². The zero-order valence-corrected chi connectivity index (χ0v) is 13.6. The van der Waals surface area contributed by atoms with Crippen LogP contribution in [0.3, 0.4) is 0 Å². The third kappa shape index (κ3) is 3.67. The van der Waals surface area contributed by atoms with Crippen molar-refractivity contribution in [3.63, 3.8) is 0 Å². The Bertz CT molecular complexity index is 877. The van der Waals surface area contributed by atoms with Crippen LogP contribution in [0, 0.1) is 6.92 Å². The summed E-state index contributed by atoms with van der Waals surface area (Å²) in [5, 5.41) is 21.8. The van der Waals surface area contributed by atoms with Crippen LogP contribution in [0.2, 0.25) is 0 Å². The molecular weight excluding hydrogens is 320 g/mol. The molecule has 128 valence electrons. The monoisotopic (exact) mass is 338 g/mol. The van der Waals surface area contributed by atoms with Gasteiger partial charge >= 0.3 is 5.97 Å². The summed E-state index contributed by atoms with van der Waals surface area (Å²) in [5.74, 6) is -0.665. The van der Waals surface area contributed by atoms with E-state index in [-0.39, 0.29) is 18.3 Å². The highest BCUT2D eigenvalue weighted by molar-refractivity contribution is 5.87. The fraction of sp³-hybridized carbons (Fsp3) is 0.167. The van der Waals surface area contributed by atoms with Gasteiger partial charge in [-0.25, -0.2) is 14.8 Å². The third-order valence-corrected chi connectivity index (χ3v) is 3.85. The predicted molar refractivity (Wildman–Crippen MR) is 93.4 cm³/mol. The van der Waals surface area contributed by atoms with Gasteiger partial charge < -0.3 is 20.5 Å². The second kappa shape index (κ2) is 7.14. The van der Waals surface area contributed by atoms with E-state index < -0.39 is 5.97 Å². The molecule has 0 aliphatic heterocycles. The molecule has 0 saturated carbocycles. The first-order chi connectivity index (χ1) is 12.1. The second-order valence-electron chi connectivity index (χ2n) is 5.62. The molecule has 0 aliphatic rings. The van der Waals surface area contributed by atoms with E-state index in [1.165, 1.54) is 6.07 Å². The van der Waals surface area contributed by atoms with Crippen molar-refractivity contribution in [3.8, 4) is 11.3 Å². The third-order valence-electron chi connectivity index (χ3n) is 3.85. The molecule has 0 amide bonds. The molecule has 2 aromatic heterocycles. The van der Waals surface area contributed by atoms with E-state index in [0.717, 1.165) is 11.1 Å². The molecule has 3 rings (SSSR count). The second-order valence-corrected chi connectivity index (χ2v) is 5.62. The number of nitrogens with zero attached hydrogens (tertiary/aromatic N) is 2. The summed E-state index contributed by atoms with van der Waals surface area (Å²) in [4.78, 5) is 22.5. The predicted octanol–water partition coefficient (Wildman–Crippen LogP) is 2.62. The van der Waals surface area contributed by atoms with Crippen molar-refractivity contribution in [2.45, 2.75) is 13.0 Å². The van der Waals surface area contributed by atoms with Gasteiger partial charge in [-0.15, -0.1) is 0 Å². The molecule has 1 unspecified atom stereocenters. The smallest absolute Gasteiger partial charge is 0.352 e. The number of aliphatic hydroxyl groups is 1. The number of aryl methyl sites for hydroxylation is 1. The van der Waals surface area contributed by atoms with Crippen molar-refractivity contribution in [1.82, 2.24) is 15.0 Å². The van der Waals surface area contributed by atoms with E-state index in [1.54, 1.807) is 12.4 Å². The number of carboxylic acid groups (broad SMARTS) is 1. The Balaban J connectivity index is 1.89. The number of nitrogens with one attached hydrogen (secondary N) is 2. The number of anilines is 1. The van der Waals surface area contributed by atoms with Gasteiger partial charge in [0.1, 0.15) is 5.69 Å². The number of carbonyl (C=O) groups is 1. The number of aromatic carboxylic acids is 1. The van der Waals surface area contributed by atoms with Crippen LogP contribution < -0.4 is 5.32 Å². The molecule has 0 spiro atoms. The lowest BCUT2D eigenvalue weighted by Crippen LogP contribution is -2.16. The molecular formula is C18H18N4O3. The quantitative estimate of drug-likeness (QED) is 0.550. The van der Waals surface area contributed by atoms with Gasteiger partial charge in [-0.2, -0.15) is 0 Å². The number of carboxylic acids is 1. The molecule has 7 nitrogen and oxygen atoms in total. The van der Waals surface area contributed by atoms with Gasteiger partial charge in [-0.3, -0.25) is 0 Å². The average molecular weight is 338 g/mol. The highest BCUT2D eigenvalue weighted by Crippen LogP contribution is 2.24. The summed E-state index contributed by atoms with van der Waals surface area (Å²) < 4.78 is 0. The van der Waals surface area contributed by atoms with Crippen molar-refractivity contribution in [3.05, 3.63) is 65.6 Å². The Hall–Kier alpha value is -3.19. The normalized spacial score (nSPS) is 11.9. The highest BCUT2D eigenvalue weighted by Gasteiger charge is 2.15. The fourth-order valence-electron chi connectivity index (χ4n) is 2.53. The number of aliphatic hydroxyl groups excluding tert-OH is 1. The fourth-order valence-corrected chi connectivity index (χ4v) is 2.53. The van der Waals surface area contributed by atoms with Crippen molar-refractivity contribution in [2.24, 2.45) is 0 Å². The summed E-state index contributed by atoms with van der Waals surface area (Å²) >= 11 is 0. The van der Waals surface area contributed by atoms with Crippen LogP contribution >= 0.6 is 0 Å². The molecule has 0 saturated heterocycles. The van der Waals surface area contributed by atoms with Gasteiger partial charge in [0.15, 0.2) is 0 Å². The van der Waals surface area contributed by atoms with E-state index in [9.17, 15) is 9.90 Å². The van der Waals surface area contributed by atoms with Crippen molar-refractivity contribution >= 4 is 11.9 Å². The number of aromatic nitrogens is 3. The summed E-state index contributed by atoms with van der Waals surface area (Å²) in [6, 6.07) is 10.7. The number of hydrogen-bond donors (Lipinski definition) is 4. The maximum Gasteiger partial charge on any atom is 0.352 e. The van der Waals surface area contributed by atoms with E-state index >= 15 is 0 Å². The summed E-state index contributed by atoms with van der Waals surface area (Å²) in [5.41, 5.74) is 3.14. The lowest BCUT2D eigenvalue weighted by molar-refractivity contribution is 0.0691. The van der Waals surface area contributed by atoms with Crippen molar-refractivity contribution in [1.29, 1.82) is 0 Å². The molecule has 0 bridgehead atoms. The Labute approximate surface area is 144 Å². The van der Waals surface area contributed by atoms with Gasteiger partial charge in [0.2, 0.25) is 5.95 Å². The molecule has 25 heavy (non-hydrogen) atoms. The minimum Gasteiger partial charge on any atom is -0.477 e. The topological polar surface area (TPSA) is 111 Å². The van der Waals surface area contributed by atoms with E-state index in [2.05, 4.69) is 20.3 Å². The number of H-pyrrole nitrogens is 1. The molecule has 7 heteroatoms. The van der Waals surface area contributed by atoms with Crippen LogP contribution in [0.4, 0.5) is 5.95 Å². The molecule has 0 aliphatic carbocycles. The van der Waals surface area contributed by atoms with Crippen molar-refractivity contribution < 1.29 is 15.0 Å². The first kappa shape index (κ1) is 16.7. The Morgan fingerprint density at radius 1 is 1.32 bits per heavy atom. The molecule has 1 aromatic carbocycles. The molecule has 0 radical (unpaired) electrons. The Morgan fingerprint density at radius 2 is 2.08 bits per heavy atom. The minimum atomic E-state index is -1.03. The zero-order chi connectivity index (χ0) is 17.8. The van der Waals surface area contributed by atoms with Gasteiger partial charge in [0.25, 0.3) is 0 Å². The van der Waals surface area contributed by atoms with E-state index in [4.69, 9.17) is 5.11 Å². The summed E-state index contributed by atoms with van der Waals surface area (Å²) in [6.07, 6.45) is 3.26. The maximum absolute atomic E-state index is 11.0. The molecule has 0 fully saturated rings. The SMILES string of the molecule is Cc1cnc(NC(CO)c2ccccc2)nc1-c1c[nH]c(C(=O)O)c1. The largest absolute Gasteiger partial charge is 0.477 e. The van der Waals surface area contributed by atoms with Crippen LogP contribution in [0.25, 0.3) is 11.3 Å².